The molecule has 0 radical (unpaired) electrons. The number of rotatable bonds is 0. The Balaban J connectivity index is 2.96. The van der Waals surface area contributed by atoms with Crippen LogP contribution in [0.15, 0.2) is 0 Å². The summed E-state index contributed by atoms with van der Waals surface area (Å²) in [4.78, 5) is 0. The number of hydrogen-bond acceptors (Lipinski definition) is 1. The maximum absolute atomic E-state index is 6.34. The normalized spacial score (nSPS) is 35.8. The molecule has 0 spiro atoms. The van der Waals surface area contributed by atoms with Gasteiger partial charge in [0.25, 0.3) is 0 Å². The fraction of sp³-hybridized carbons (Fsp3) is 1.00. The first-order valence-corrected chi connectivity index (χ1v) is 16.2. The van der Waals surface area contributed by atoms with Crippen molar-refractivity contribution in [3.8, 4) is 0 Å². The standard InChI is InChI=1S/C9H24OSi3/c1-9(2)8-12(4,5)11(3)13(6,7)10-9/h11H,8H2,1-7H3. The highest BCUT2D eigenvalue weighted by atomic mass is 29.6. The van der Waals surface area contributed by atoms with Gasteiger partial charge in [-0.1, -0.05) is 19.6 Å². The average Bonchev–Trinajstić information content (AvgIpc) is 1.77. The molecule has 1 aliphatic heterocycles. The van der Waals surface area contributed by atoms with Gasteiger partial charge in [-0.15, -0.1) is 0 Å². The van der Waals surface area contributed by atoms with Gasteiger partial charge in [0.2, 0.25) is 0 Å². The van der Waals surface area contributed by atoms with Gasteiger partial charge in [0, 0.05) is 13.2 Å². The molecule has 0 aromatic rings. The van der Waals surface area contributed by atoms with Gasteiger partial charge in [-0.05, 0) is 33.0 Å². The molecule has 4 heteroatoms. The summed E-state index contributed by atoms with van der Waals surface area (Å²) < 4.78 is 6.34. The smallest absolute Gasteiger partial charge is 0.168 e. The van der Waals surface area contributed by atoms with Crippen LogP contribution < -0.4 is 0 Å². The highest BCUT2D eigenvalue weighted by Gasteiger charge is 2.52. The minimum Gasteiger partial charge on any atom is -0.416 e. The van der Waals surface area contributed by atoms with E-state index in [0.29, 0.717) is 0 Å². The van der Waals surface area contributed by atoms with Crippen molar-refractivity contribution >= 4 is 23.3 Å². The zero-order chi connectivity index (χ0) is 10.5. The zero-order valence-corrected chi connectivity index (χ0v) is 13.3. The third-order valence-corrected chi connectivity index (χ3v) is 38.5. The molecule has 0 aliphatic carbocycles. The third-order valence-electron chi connectivity index (χ3n) is 3.64. The fourth-order valence-corrected chi connectivity index (χ4v) is 37.2. The van der Waals surface area contributed by atoms with Crippen LogP contribution in [0.25, 0.3) is 0 Å². The molecule has 78 valence electrons. The van der Waals surface area contributed by atoms with E-state index in [2.05, 4.69) is 46.6 Å². The highest BCUT2D eigenvalue weighted by Crippen LogP contribution is 2.37. The van der Waals surface area contributed by atoms with Crippen molar-refractivity contribution in [1.82, 2.24) is 0 Å². The first-order valence-electron chi connectivity index (χ1n) is 5.27. The van der Waals surface area contributed by atoms with Crippen molar-refractivity contribution in [2.24, 2.45) is 0 Å². The van der Waals surface area contributed by atoms with Gasteiger partial charge >= 0.3 is 0 Å². The van der Waals surface area contributed by atoms with Crippen LogP contribution in [0.1, 0.15) is 13.8 Å². The summed E-state index contributed by atoms with van der Waals surface area (Å²) >= 11 is 0. The summed E-state index contributed by atoms with van der Waals surface area (Å²) in [5.74, 6) is 0. The SMILES string of the molecule is C[SiH]1[Si](C)(C)CC(C)(C)O[Si]1(C)C. The summed E-state index contributed by atoms with van der Waals surface area (Å²) in [7, 11) is -2.69. The minimum atomic E-state index is -1.26. The summed E-state index contributed by atoms with van der Waals surface area (Å²) in [5, 5.41) is 0. The van der Waals surface area contributed by atoms with Crippen LogP contribution in [0.3, 0.4) is 0 Å². The Morgan fingerprint density at radius 1 is 1.15 bits per heavy atom. The van der Waals surface area contributed by atoms with Crippen LogP contribution in [-0.4, -0.2) is 28.9 Å². The molecule has 0 aromatic heterocycles. The average molecular weight is 233 g/mol. The molecular weight excluding hydrogens is 208 g/mol. The van der Waals surface area contributed by atoms with E-state index in [9.17, 15) is 0 Å². The largest absolute Gasteiger partial charge is 0.416 e. The Kier molecular flexibility index (Phi) is 2.74. The van der Waals surface area contributed by atoms with Crippen molar-refractivity contribution in [2.45, 2.75) is 58.2 Å². The molecule has 0 saturated carbocycles. The van der Waals surface area contributed by atoms with Crippen molar-refractivity contribution < 1.29 is 4.43 Å². The molecule has 0 aromatic carbocycles. The molecule has 1 aliphatic rings. The maximum Gasteiger partial charge on any atom is 0.168 e. The van der Waals surface area contributed by atoms with E-state index < -0.39 is 23.3 Å². The molecule has 1 nitrogen and oxygen atoms in total. The van der Waals surface area contributed by atoms with Gasteiger partial charge in [-0.25, -0.2) is 0 Å². The maximum atomic E-state index is 6.34. The molecule has 1 unspecified atom stereocenters. The summed E-state index contributed by atoms with van der Waals surface area (Å²) in [5.41, 5.74) is 0.185. The molecule has 0 amide bonds. The Morgan fingerprint density at radius 2 is 1.62 bits per heavy atom. The van der Waals surface area contributed by atoms with E-state index in [1.165, 1.54) is 6.04 Å². The second kappa shape index (κ2) is 3.05. The van der Waals surface area contributed by atoms with Gasteiger partial charge < -0.3 is 4.43 Å². The molecule has 1 atom stereocenters. The van der Waals surface area contributed by atoms with E-state index >= 15 is 0 Å². The Labute approximate surface area is 86.2 Å². The van der Waals surface area contributed by atoms with Crippen molar-refractivity contribution in [1.29, 1.82) is 0 Å². The van der Waals surface area contributed by atoms with Crippen LogP contribution in [-0.2, 0) is 4.43 Å². The third kappa shape index (κ3) is 2.34. The van der Waals surface area contributed by atoms with Gasteiger partial charge in [0.05, 0.1) is 7.83 Å². The van der Waals surface area contributed by atoms with Gasteiger partial charge in [0.15, 0.2) is 7.83 Å². The van der Waals surface area contributed by atoms with E-state index in [1.807, 2.05) is 0 Å². The second-order valence-electron chi connectivity index (χ2n) is 6.35. The highest BCUT2D eigenvalue weighted by molar-refractivity contribution is 7.59. The Bertz CT molecular complexity index is 191. The van der Waals surface area contributed by atoms with Crippen LogP contribution in [0.4, 0.5) is 0 Å². The predicted octanol–water partition coefficient (Wildman–Crippen LogP) is 2.72. The van der Waals surface area contributed by atoms with Crippen molar-refractivity contribution in [3.63, 3.8) is 0 Å². The summed E-state index contributed by atoms with van der Waals surface area (Å²) in [6, 6.07) is 1.38. The molecule has 1 fully saturated rings. The van der Waals surface area contributed by atoms with Crippen molar-refractivity contribution in [3.05, 3.63) is 0 Å². The molecule has 1 saturated heterocycles. The molecule has 13 heavy (non-hydrogen) atoms. The predicted molar refractivity (Wildman–Crippen MR) is 67.9 cm³/mol. The lowest BCUT2D eigenvalue weighted by atomic mass is 10.2. The van der Waals surface area contributed by atoms with E-state index in [1.54, 1.807) is 0 Å². The van der Waals surface area contributed by atoms with Crippen LogP contribution >= 0.6 is 0 Å². The summed E-state index contributed by atoms with van der Waals surface area (Å²) in [6.07, 6.45) is 0. The Morgan fingerprint density at radius 3 is 2.00 bits per heavy atom. The second-order valence-corrected chi connectivity index (χ2v) is 31.3. The van der Waals surface area contributed by atoms with E-state index in [-0.39, 0.29) is 5.60 Å². The molecule has 0 bridgehead atoms. The monoisotopic (exact) mass is 232 g/mol. The molecular formula is C9H24OSi3. The Hall–Kier alpha value is 0.611. The van der Waals surface area contributed by atoms with E-state index in [0.717, 1.165) is 0 Å². The zero-order valence-electron chi connectivity index (χ0n) is 10.2. The lowest BCUT2D eigenvalue weighted by Gasteiger charge is -2.51. The quantitative estimate of drug-likeness (QED) is 0.584. The molecule has 1 heterocycles. The van der Waals surface area contributed by atoms with Crippen LogP contribution in [0, 0.1) is 0 Å². The van der Waals surface area contributed by atoms with Gasteiger partial charge in [-0.3, -0.25) is 0 Å². The molecule has 0 N–H and O–H groups in total. The number of hydrogen-bond donors (Lipinski definition) is 0. The topological polar surface area (TPSA) is 9.23 Å². The first-order chi connectivity index (χ1) is 5.57. The van der Waals surface area contributed by atoms with Gasteiger partial charge in [-0.2, -0.15) is 0 Å². The van der Waals surface area contributed by atoms with Crippen LogP contribution in [0.2, 0.25) is 38.8 Å². The first kappa shape index (κ1) is 11.7. The lowest BCUT2D eigenvalue weighted by Crippen LogP contribution is -2.69. The van der Waals surface area contributed by atoms with Gasteiger partial charge in [0.1, 0.15) is 0 Å². The summed E-state index contributed by atoms with van der Waals surface area (Å²) in [6.45, 7) is 17.2. The van der Waals surface area contributed by atoms with Crippen LogP contribution in [0.5, 0.6) is 0 Å². The lowest BCUT2D eigenvalue weighted by molar-refractivity contribution is 0.123. The fourth-order valence-electron chi connectivity index (χ4n) is 3.03. The molecule has 1 rings (SSSR count). The van der Waals surface area contributed by atoms with E-state index in [4.69, 9.17) is 4.43 Å². The van der Waals surface area contributed by atoms with Crippen molar-refractivity contribution in [2.75, 3.05) is 0 Å². The minimum absolute atomic E-state index is 0.185.